The molecule has 0 aliphatic carbocycles. The van der Waals surface area contributed by atoms with Crippen LogP contribution in [0.15, 0.2) is 54.6 Å². The molecular weight excluding hydrogens is 333 g/mol. The number of hydrogen-bond donors (Lipinski definition) is 0. The molecule has 1 heterocycles. The Morgan fingerprint density at radius 2 is 1.76 bits per heavy atom. The fourth-order valence-corrected chi connectivity index (χ4v) is 3.42. The van der Waals surface area contributed by atoms with Gasteiger partial charge in [-0.2, -0.15) is 0 Å². The first-order valence-corrected chi connectivity index (χ1v) is 9.34. The van der Waals surface area contributed by atoms with E-state index in [2.05, 4.69) is 33.5 Å². The highest BCUT2D eigenvalue weighted by Crippen LogP contribution is 2.21. The number of nitrogens with zero attached hydrogens (tertiary/aromatic N) is 1. The van der Waals surface area contributed by atoms with Crippen LogP contribution in [0.25, 0.3) is 11.1 Å². The number of imide groups is 1. The highest BCUT2D eigenvalue weighted by molar-refractivity contribution is 7.16. The van der Waals surface area contributed by atoms with Crippen LogP contribution in [0, 0.1) is 0 Å². The van der Waals surface area contributed by atoms with Crippen LogP contribution in [0.2, 0.25) is 0 Å². The van der Waals surface area contributed by atoms with E-state index in [9.17, 15) is 9.59 Å². The van der Waals surface area contributed by atoms with Crippen LogP contribution in [0.4, 0.5) is 4.79 Å². The van der Waals surface area contributed by atoms with E-state index in [1.807, 2.05) is 30.3 Å². The molecule has 0 saturated carbocycles. The van der Waals surface area contributed by atoms with Gasteiger partial charge in [0.05, 0.1) is 6.04 Å². The van der Waals surface area contributed by atoms with Gasteiger partial charge in [-0.05, 0) is 35.7 Å². The number of amides is 2. The third-order valence-corrected chi connectivity index (χ3v) is 4.75. The molecule has 5 heteroatoms. The van der Waals surface area contributed by atoms with Gasteiger partial charge in [0, 0.05) is 6.42 Å². The summed E-state index contributed by atoms with van der Waals surface area (Å²) in [6, 6.07) is 18.3. The van der Waals surface area contributed by atoms with Crippen molar-refractivity contribution in [3.63, 3.8) is 0 Å². The molecule has 1 aliphatic heterocycles. The number of hydrogen-bond acceptors (Lipinski definition) is 3. The maximum Gasteiger partial charge on any atom is 0.416 e. The maximum atomic E-state index is 12.4. The second kappa shape index (κ2) is 8.26. The normalized spacial score (nSPS) is 16.8. The number of benzene rings is 2. The molecule has 3 rings (SSSR count). The molecule has 1 fully saturated rings. The summed E-state index contributed by atoms with van der Waals surface area (Å²) in [4.78, 5) is 25.5. The first kappa shape index (κ1) is 17.6. The Kier molecular flexibility index (Phi) is 5.83. The minimum absolute atomic E-state index is 0.127. The molecule has 1 saturated heterocycles. The van der Waals surface area contributed by atoms with Gasteiger partial charge in [0.2, 0.25) is 5.91 Å². The van der Waals surface area contributed by atoms with E-state index in [0.29, 0.717) is 19.4 Å². The van der Waals surface area contributed by atoms with Crippen LogP contribution in [-0.2, 0) is 16.0 Å². The molecule has 0 aromatic heterocycles. The predicted molar refractivity (Wildman–Crippen MR) is 101 cm³/mol. The molecule has 4 nitrogen and oxygen atoms in total. The first-order chi connectivity index (χ1) is 12.2. The smallest absolute Gasteiger partial charge is 0.416 e. The van der Waals surface area contributed by atoms with Crippen molar-refractivity contribution >= 4 is 21.2 Å². The molecule has 25 heavy (non-hydrogen) atoms. The van der Waals surface area contributed by atoms with E-state index < -0.39 is 6.09 Å². The molecule has 2 aromatic carbocycles. The zero-order valence-corrected chi connectivity index (χ0v) is 15.2. The Morgan fingerprint density at radius 1 is 1.08 bits per heavy atom. The molecule has 2 atom stereocenters. The second-order valence-electron chi connectivity index (χ2n) is 6.13. The molecule has 1 unspecified atom stereocenters. The van der Waals surface area contributed by atoms with E-state index >= 15 is 0 Å². The Hall–Kier alpha value is -2.19. The standard InChI is InChI=1S/C20H22NO3P/c22-19(21-18(12-13-25)14-24-20(21)23)11-8-15-6-9-17(10-7-15)16-4-2-1-3-5-16/h1-7,9-10,18H,8,11-14,25H2/t18-/m1/s1. The predicted octanol–water partition coefficient (Wildman–Crippen LogP) is 3.90. The van der Waals surface area contributed by atoms with Crippen LogP contribution >= 0.6 is 9.24 Å². The number of aryl methyl sites for hydroxylation is 1. The van der Waals surface area contributed by atoms with Crippen LogP contribution in [0.5, 0.6) is 0 Å². The van der Waals surface area contributed by atoms with Crippen molar-refractivity contribution in [2.45, 2.75) is 25.3 Å². The average molecular weight is 355 g/mol. The van der Waals surface area contributed by atoms with E-state index in [0.717, 1.165) is 23.7 Å². The summed E-state index contributed by atoms with van der Waals surface area (Å²) in [5, 5.41) is 0. The minimum Gasteiger partial charge on any atom is -0.447 e. The van der Waals surface area contributed by atoms with Gasteiger partial charge in [0.25, 0.3) is 0 Å². The third kappa shape index (κ3) is 4.26. The lowest BCUT2D eigenvalue weighted by atomic mass is 10.0. The molecule has 0 radical (unpaired) electrons. The average Bonchev–Trinajstić information content (AvgIpc) is 3.02. The van der Waals surface area contributed by atoms with Gasteiger partial charge in [0.1, 0.15) is 6.61 Å². The van der Waals surface area contributed by atoms with Crippen molar-refractivity contribution in [3.05, 3.63) is 60.2 Å². The molecule has 0 bridgehead atoms. The summed E-state index contributed by atoms with van der Waals surface area (Å²) in [5.41, 5.74) is 3.41. The zero-order valence-electron chi connectivity index (χ0n) is 14.1. The van der Waals surface area contributed by atoms with E-state index in [1.165, 1.54) is 10.5 Å². The lowest BCUT2D eigenvalue weighted by molar-refractivity contribution is -0.129. The molecule has 130 valence electrons. The maximum absolute atomic E-state index is 12.4. The van der Waals surface area contributed by atoms with Gasteiger partial charge in [-0.25, -0.2) is 9.69 Å². The topological polar surface area (TPSA) is 46.6 Å². The highest BCUT2D eigenvalue weighted by atomic mass is 31.0. The summed E-state index contributed by atoms with van der Waals surface area (Å²) < 4.78 is 5.03. The van der Waals surface area contributed by atoms with Crippen molar-refractivity contribution in [2.75, 3.05) is 12.8 Å². The molecule has 1 aliphatic rings. The Labute approximate surface area is 150 Å². The molecular formula is C20H22NO3P. The monoisotopic (exact) mass is 355 g/mol. The van der Waals surface area contributed by atoms with Crippen molar-refractivity contribution in [1.29, 1.82) is 0 Å². The second-order valence-corrected chi connectivity index (χ2v) is 6.71. The molecule has 2 aromatic rings. The van der Waals surface area contributed by atoms with Crippen LogP contribution in [-0.4, -0.2) is 35.7 Å². The third-order valence-electron chi connectivity index (χ3n) is 4.42. The van der Waals surface area contributed by atoms with Crippen molar-refractivity contribution in [2.24, 2.45) is 0 Å². The Morgan fingerprint density at radius 3 is 2.44 bits per heavy atom. The Bertz CT molecular complexity index is 730. The summed E-state index contributed by atoms with van der Waals surface area (Å²) in [7, 11) is 2.62. The van der Waals surface area contributed by atoms with Gasteiger partial charge in [-0.1, -0.05) is 54.6 Å². The van der Waals surface area contributed by atoms with Gasteiger partial charge in [0.15, 0.2) is 0 Å². The highest BCUT2D eigenvalue weighted by Gasteiger charge is 2.36. The number of cyclic esters (lactones) is 1. The quantitative estimate of drug-likeness (QED) is 0.739. The fraction of sp³-hybridized carbons (Fsp3) is 0.300. The van der Waals surface area contributed by atoms with Gasteiger partial charge < -0.3 is 4.74 Å². The number of carbonyl (C=O) groups excluding carboxylic acids is 2. The molecule has 0 spiro atoms. The van der Waals surface area contributed by atoms with E-state index in [1.54, 1.807) is 0 Å². The fourth-order valence-electron chi connectivity index (χ4n) is 3.04. The van der Waals surface area contributed by atoms with Gasteiger partial charge in [-0.15, -0.1) is 9.24 Å². The van der Waals surface area contributed by atoms with E-state index in [4.69, 9.17) is 4.74 Å². The van der Waals surface area contributed by atoms with Crippen molar-refractivity contribution in [1.82, 2.24) is 4.90 Å². The number of carbonyl (C=O) groups is 2. The lowest BCUT2D eigenvalue weighted by Crippen LogP contribution is -2.39. The Balaban J connectivity index is 1.59. The number of ether oxygens (including phenoxy) is 1. The zero-order chi connectivity index (χ0) is 17.6. The van der Waals surface area contributed by atoms with Gasteiger partial charge in [-0.3, -0.25) is 4.79 Å². The molecule has 0 N–H and O–H groups in total. The first-order valence-electron chi connectivity index (χ1n) is 8.52. The van der Waals surface area contributed by atoms with Crippen LogP contribution < -0.4 is 0 Å². The summed E-state index contributed by atoms with van der Waals surface area (Å²) in [6.45, 7) is 0.310. The van der Waals surface area contributed by atoms with Crippen molar-refractivity contribution in [3.8, 4) is 11.1 Å². The number of rotatable bonds is 6. The lowest BCUT2D eigenvalue weighted by Gasteiger charge is -2.18. The largest absolute Gasteiger partial charge is 0.447 e. The van der Waals surface area contributed by atoms with Crippen molar-refractivity contribution < 1.29 is 14.3 Å². The van der Waals surface area contributed by atoms with E-state index in [-0.39, 0.29) is 11.9 Å². The SMILES string of the molecule is O=C(CCc1ccc(-c2ccccc2)cc1)N1C(=O)OC[C@H]1CCP. The molecule has 2 amide bonds. The van der Waals surface area contributed by atoms with Crippen LogP contribution in [0.3, 0.4) is 0 Å². The minimum atomic E-state index is -0.507. The summed E-state index contributed by atoms with van der Waals surface area (Å²) in [6.07, 6.45) is 2.02. The van der Waals surface area contributed by atoms with Crippen LogP contribution in [0.1, 0.15) is 18.4 Å². The summed E-state index contributed by atoms with van der Waals surface area (Å²) in [5.74, 6) is -0.155. The van der Waals surface area contributed by atoms with Gasteiger partial charge >= 0.3 is 6.09 Å². The summed E-state index contributed by atoms with van der Waals surface area (Å²) >= 11 is 0.